The molecule has 0 aliphatic carbocycles. The molecule has 1 amide bonds. The van der Waals surface area contributed by atoms with Gasteiger partial charge in [-0.1, -0.05) is 11.6 Å². The van der Waals surface area contributed by atoms with Gasteiger partial charge in [-0.15, -0.1) is 0 Å². The standard InChI is InChI=1S/C15H22ClN2O5S/c1-15(2,3)23-14(19)18(8-5-9-24(4,21)22)13-7-6-11(16)10-12(13)17-20/h6-7,10,17H,5,8-9H2,1-4H3/q-1. The minimum absolute atomic E-state index is 0.0816. The molecule has 0 unspecified atom stereocenters. The second kappa shape index (κ2) is 8.04. The molecule has 0 saturated carbocycles. The van der Waals surface area contributed by atoms with Gasteiger partial charge in [-0.2, -0.15) is 0 Å². The summed E-state index contributed by atoms with van der Waals surface area (Å²) in [4.78, 5) is 13.7. The summed E-state index contributed by atoms with van der Waals surface area (Å²) in [5.74, 6) is -0.0833. The molecule has 0 atom stereocenters. The lowest BCUT2D eigenvalue weighted by Gasteiger charge is -2.29. The third-order valence-electron chi connectivity index (χ3n) is 2.87. The second-order valence-corrected chi connectivity index (χ2v) is 9.08. The molecule has 0 aromatic heterocycles. The number of hydrogen-bond acceptors (Lipinski definition) is 6. The van der Waals surface area contributed by atoms with Crippen LogP contribution in [0.15, 0.2) is 18.2 Å². The van der Waals surface area contributed by atoms with Crippen LogP contribution in [-0.2, 0) is 14.6 Å². The van der Waals surface area contributed by atoms with Crippen molar-refractivity contribution in [2.45, 2.75) is 32.8 Å². The van der Waals surface area contributed by atoms with E-state index in [1.807, 2.05) is 0 Å². The van der Waals surface area contributed by atoms with Crippen molar-refractivity contribution >= 4 is 38.9 Å². The molecule has 1 aromatic carbocycles. The van der Waals surface area contributed by atoms with Crippen molar-refractivity contribution in [2.24, 2.45) is 0 Å². The van der Waals surface area contributed by atoms with Crippen molar-refractivity contribution in [1.29, 1.82) is 0 Å². The molecule has 7 nitrogen and oxygen atoms in total. The van der Waals surface area contributed by atoms with Crippen LogP contribution >= 0.6 is 11.6 Å². The van der Waals surface area contributed by atoms with Gasteiger partial charge in [0.15, 0.2) is 0 Å². The average Bonchev–Trinajstić information content (AvgIpc) is 2.41. The van der Waals surface area contributed by atoms with Gasteiger partial charge in [0, 0.05) is 23.5 Å². The minimum atomic E-state index is -3.16. The Balaban J connectivity index is 3.10. The molecular weight excluding hydrogens is 356 g/mol. The number of amides is 1. The third kappa shape index (κ3) is 6.94. The van der Waals surface area contributed by atoms with Crippen LogP contribution in [0.2, 0.25) is 5.02 Å². The fraction of sp³-hybridized carbons (Fsp3) is 0.533. The smallest absolute Gasteiger partial charge is 0.414 e. The van der Waals surface area contributed by atoms with Crippen molar-refractivity contribution in [3.05, 3.63) is 28.4 Å². The monoisotopic (exact) mass is 377 g/mol. The van der Waals surface area contributed by atoms with E-state index in [9.17, 15) is 18.4 Å². The fourth-order valence-electron chi connectivity index (χ4n) is 1.94. The molecule has 0 heterocycles. The number of anilines is 2. The molecule has 0 aliphatic rings. The van der Waals surface area contributed by atoms with Gasteiger partial charge in [-0.05, 0) is 45.4 Å². The first-order valence-electron chi connectivity index (χ1n) is 7.29. The van der Waals surface area contributed by atoms with E-state index in [2.05, 4.69) is 0 Å². The van der Waals surface area contributed by atoms with Crippen LogP contribution in [0, 0.1) is 5.21 Å². The van der Waals surface area contributed by atoms with E-state index in [-0.39, 0.29) is 30.1 Å². The van der Waals surface area contributed by atoms with E-state index in [1.54, 1.807) is 26.3 Å². The van der Waals surface area contributed by atoms with Gasteiger partial charge in [0.05, 0.1) is 11.4 Å². The maximum absolute atomic E-state index is 12.5. The Morgan fingerprint density at radius 1 is 1.38 bits per heavy atom. The quantitative estimate of drug-likeness (QED) is 0.762. The summed E-state index contributed by atoms with van der Waals surface area (Å²) in [5, 5.41) is 11.5. The number of carbonyl (C=O) groups excluding carboxylic acids is 1. The first-order chi connectivity index (χ1) is 10.9. The van der Waals surface area contributed by atoms with Gasteiger partial charge < -0.3 is 15.4 Å². The number of ether oxygens (including phenoxy) is 1. The van der Waals surface area contributed by atoms with Crippen LogP contribution in [0.4, 0.5) is 16.2 Å². The van der Waals surface area contributed by atoms with Crippen LogP contribution < -0.4 is 10.4 Å². The van der Waals surface area contributed by atoms with E-state index in [4.69, 9.17) is 16.3 Å². The second-order valence-electron chi connectivity index (χ2n) is 6.38. The number of rotatable bonds is 6. The Bertz CT molecular complexity index is 686. The normalized spacial score (nSPS) is 11.9. The van der Waals surface area contributed by atoms with Crippen molar-refractivity contribution in [3.8, 4) is 0 Å². The first-order valence-corrected chi connectivity index (χ1v) is 9.73. The Labute approximate surface area is 147 Å². The summed E-state index contributed by atoms with van der Waals surface area (Å²) >= 11 is 5.86. The maximum Gasteiger partial charge on any atom is 0.414 e. The highest BCUT2D eigenvalue weighted by atomic mass is 35.5. The van der Waals surface area contributed by atoms with Gasteiger partial charge >= 0.3 is 6.09 Å². The zero-order valence-corrected chi connectivity index (χ0v) is 15.7. The number of sulfone groups is 1. The van der Waals surface area contributed by atoms with Crippen LogP contribution in [0.1, 0.15) is 27.2 Å². The molecule has 24 heavy (non-hydrogen) atoms. The molecule has 1 N–H and O–H groups in total. The summed E-state index contributed by atoms with van der Waals surface area (Å²) in [6.45, 7) is 5.23. The van der Waals surface area contributed by atoms with Crippen molar-refractivity contribution < 1.29 is 17.9 Å². The maximum atomic E-state index is 12.5. The predicted octanol–water partition coefficient (Wildman–Crippen LogP) is 3.43. The Hall–Kier alpha value is -1.51. The Morgan fingerprint density at radius 2 is 2.00 bits per heavy atom. The van der Waals surface area contributed by atoms with Gasteiger partial charge in [0.25, 0.3) is 0 Å². The van der Waals surface area contributed by atoms with Gasteiger partial charge in [0.2, 0.25) is 0 Å². The van der Waals surface area contributed by atoms with Crippen LogP contribution in [0.25, 0.3) is 0 Å². The van der Waals surface area contributed by atoms with Gasteiger partial charge in [-0.3, -0.25) is 4.90 Å². The summed E-state index contributed by atoms with van der Waals surface area (Å²) in [5.41, 5.74) is 1.39. The SMILES string of the molecule is CC(C)(C)OC(=O)N(CCCS(C)(=O)=O)c1ccc(Cl)cc1N[O-]. The lowest BCUT2D eigenvalue weighted by molar-refractivity contribution is 0.0580. The summed E-state index contributed by atoms with van der Waals surface area (Å²) in [7, 11) is -3.16. The van der Waals surface area contributed by atoms with Crippen molar-refractivity contribution in [2.75, 3.05) is 28.9 Å². The molecule has 136 valence electrons. The zero-order valence-electron chi connectivity index (χ0n) is 14.1. The number of benzene rings is 1. The molecule has 0 saturated heterocycles. The molecule has 9 heteroatoms. The number of halogens is 1. The molecule has 0 fully saturated rings. The van der Waals surface area contributed by atoms with E-state index in [1.165, 1.54) is 23.1 Å². The van der Waals surface area contributed by atoms with E-state index in [0.717, 1.165) is 6.26 Å². The number of nitrogens with one attached hydrogen (secondary N) is 1. The first kappa shape index (κ1) is 20.5. The number of hydrogen-bond donors (Lipinski definition) is 1. The van der Waals surface area contributed by atoms with E-state index < -0.39 is 21.5 Å². The topological polar surface area (TPSA) is 98.8 Å². The highest BCUT2D eigenvalue weighted by molar-refractivity contribution is 7.90. The van der Waals surface area contributed by atoms with Crippen LogP contribution in [0.5, 0.6) is 0 Å². The zero-order chi connectivity index (χ0) is 18.5. The predicted molar refractivity (Wildman–Crippen MR) is 96.3 cm³/mol. The highest BCUT2D eigenvalue weighted by Crippen LogP contribution is 2.30. The van der Waals surface area contributed by atoms with Gasteiger partial charge in [-0.25, -0.2) is 13.2 Å². The molecule has 0 radical (unpaired) electrons. The molecular formula is C15H22ClN2O5S-. The molecule has 1 aromatic rings. The summed E-state index contributed by atoms with van der Waals surface area (Å²) in [6.07, 6.45) is 0.659. The van der Waals surface area contributed by atoms with Crippen molar-refractivity contribution in [3.63, 3.8) is 0 Å². The summed E-state index contributed by atoms with van der Waals surface area (Å²) in [6, 6.07) is 4.43. The van der Waals surface area contributed by atoms with Crippen LogP contribution in [0.3, 0.4) is 0 Å². The number of nitrogens with zero attached hydrogens (tertiary/aromatic N) is 1. The molecule has 0 aliphatic heterocycles. The number of carbonyl (C=O) groups is 1. The van der Waals surface area contributed by atoms with Crippen molar-refractivity contribution in [1.82, 2.24) is 0 Å². The van der Waals surface area contributed by atoms with E-state index in [0.29, 0.717) is 5.02 Å². The molecule has 0 bridgehead atoms. The Kier molecular flexibility index (Phi) is 6.88. The summed E-state index contributed by atoms with van der Waals surface area (Å²) < 4.78 is 27.9. The lowest BCUT2D eigenvalue weighted by atomic mass is 10.2. The highest BCUT2D eigenvalue weighted by Gasteiger charge is 2.25. The fourth-order valence-corrected chi connectivity index (χ4v) is 2.76. The molecule has 0 spiro atoms. The third-order valence-corrected chi connectivity index (χ3v) is 4.14. The Morgan fingerprint density at radius 3 is 2.50 bits per heavy atom. The van der Waals surface area contributed by atoms with Gasteiger partial charge in [0.1, 0.15) is 15.4 Å². The average molecular weight is 378 g/mol. The molecule has 1 rings (SSSR count). The largest absolute Gasteiger partial charge is 0.761 e. The van der Waals surface area contributed by atoms with Crippen LogP contribution in [-0.4, -0.2) is 38.7 Å². The lowest BCUT2D eigenvalue weighted by Crippen LogP contribution is -2.38. The van der Waals surface area contributed by atoms with E-state index >= 15 is 0 Å². The minimum Gasteiger partial charge on any atom is -0.761 e.